The Balaban J connectivity index is 1.74. The third kappa shape index (κ3) is 2.96. The van der Waals surface area contributed by atoms with Crippen LogP contribution in [-0.4, -0.2) is 42.9 Å². The lowest BCUT2D eigenvalue weighted by Crippen LogP contribution is -2.29. The van der Waals surface area contributed by atoms with Gasteiger partial charge in [-0.25, -0.2) is 8.42 Å². The molecule has 0 radical (unpaired) electrons. The lowest BCUT2D eigenvalue weighted by Gasteiger charge is -2.18. The van der Waals surface area contributed by atoms with E-state index in [4.69, 9.17) is 5.73 Å². The monoisotopic (exact) mass is 385 g/mol. The van der Waals surface area contributed by atoms with Crippen LogP contribution in [0.5, 0.6) is 0 Å². The zero-order valence-corrected chi connectivity index (χ0v) is 16.3. The zero-order valence-electron chi connectivity index (χ0n) is 15.4. The normalized spacial score (nSPS) is 20.0. The number of nitrogens with zero attached hydrogens (tertiary/aromatic N) is 2. The van der Waals surface area contributed by atoms with Crippen molar-refractivity contribution < 1.29 is 13.5 Å². The van der Waals surface area contributed by atoms with Gasteiger partial charge in [-0.05, 0) is 60.2 Å². The van der Waals surface area contributed by atoms with Gasteiger partial charge in [-0.2, -0.15) is 4.31 Å². The first-order valence-electron chi connectivity index (χ1n) is 9.01. The molecule has 0 spiro atoms. The zero-order chi connectivity index (χ0) is 19.3. The minimum atomic E-state index is -3.59. The Morgan fingerprint density at radius 1 is 1.19 bits per heavy atom. The Kier molecular flexibility index (Phi) is 4.33. The summed E-state index contributed by atoms with van der Waals surface area (Å²) in [6, 6.07) is 9.30. The average molecular weight is 385 g/mol. The van der Waals surface area contributed by atoms with Crippen LogP contribution in [-0.2, 0) is 16.6 Å². The third-order valence-corrected chi connectivity index (χ3v) is 7.34. The molecular weight excluding hydrogens is 362 g/mol. The van der Waals surface area contributed by atoms with E-state index in [1.807, 2.05) is 26.0 Å². The number of aliphatic hydroxyl groups is 1. The first-order valence-corrected chi connectivity index (χ1v) is 10.4. The summed E-state index contributed by atoms with van der Waals surface area (Å²) in [4.78, 5) is 4.57. The number of hydrogen-bond acceptors (Lipinski definition) is 5. The molecule has 27 heavy (non-hydrogen) atoms. The number of aliphatic hydroxyl groups excluding tert-OH is 1. The van der Waals surface area contributed by atoms with Crippen molar-refractivity contribution in [2.24, 2.45) is 10.7 Å². The molecule has 2 aromatic carbocycles. The molecule has 0 aromatic heterocycles. The minimum Gasteiger partial charge on any atom is -0.392 e. The number of hydrogen-bond donors (Lipinski definition) is 2. The highest BCUT2D eigenvalue weighted by Crippen LogP contribution is 2.34. The van der Waals surface area contributed by atoms with Crippen molar-refractivity contribution in [3.63, 3.8) is 0 Å². The van der Waals surface area contributed by atoms with E-state index in [1.165, 1.54) is 4.31 Å². The van der Waals surface area contributed by atoms with E-state index in [9.17, 15) is 13.5 Å². The summed E-state index contributed by atoms with van der Waals surface area (Å²) >= 11 is 0. The number of nitrogens with two attached hydrogens (primary N) is 1. The maximum atomic E-state index is 12.8. The van der Waals surface area contributed by atoms with Crippen LogP contribution < -0.4 is 5.73 Å². The maximum Gasteiger partial charge on any atom is 0.243 e. The van der Waals surface area contributed by atoms with Crippen LogP contribution in [0.4, 0.5) is 0 Å². The van der Waals surface area contributed by atoms with Gasteiger partial charge in [-0.3, -0.25) is 4.99 Å². The molecule has 0 amide bonds. The fraction of sp³-hybridized carbons (Fsp3) is 0.350. The van der Waals surface area contributed by atoms with Gasteiger partial charge in [0.25, 0.3) is 0 Å². The number of benzene rings is 2. The van der Waals surface area contributed by atoms with Crippen molar-refractivity contribution in [1.82, 2.24) is 4.31 Å². The van der Waals surface area contributed by atoms with Gasteiger partial charge in [0.2, 0.25) is 10.0 Å². The van der Waals surface area contributed by atoms with Crippen LogP contribution in [0, 0.1) is 13.8 Å². The second-order valence-corrected chi connectivity index (χ2v) is 9.19. The van der Waals surface area contributed by atoms with E-state index >= 15 is 0 Å². The number of aryl methyl sites for hydroxylation is 1. The summed E-state index contributed by atoms with van der Waals surface area (Å²) < 4.78 is 27.0. The molecule has 2 aromatic rings. The average Bonchev–Trinajstić information content (AvgIpc) is 3.22. The van der Waals surface area contributed by atoms with Crippen molar-refractivity contribution >= 4 is 15.9 Å². The number of amidine groups is 1. The highest BCUT2D eigenvalue weighted by molar-refractivity contribution is 7.89. The first-order chi connectivity index (χ1) is 12.8. The number of rotatable bonds is 3. The topological polar surface area (TPSA) is 96.0 Å². The molecule has 2 heterocycles. The first kappa shape index (κ1) is 18.2. The van der Waals surface area contributed by atoms with Crippen LogP contribution in [0.25, 0.3) is 11.1 Å². The van der Waals surface area contributed by atoms with Crippen LogP contribution in [0.15, 0.2) is 40.2 Å². The van der Waals surface area contributed by atoms with Gasteiger partial charge in [0.05, 0.1) is 17.5 Å². The van der Waals surface area contributed by atoms with Gasteiger partial charge >= 0.3 is 0 Å². The summed E-state index contributed by atoms with van der Waals surface area (Å²) in [5.74, 6) is 0.564. The molecule has 2 aliphatic heterocycles. The molecule has 4 rings (SSSR count). The van der Waals surface area contributed by atoms with Crippen molar-refractivity contribution in [3.8, 4) is 11.1 Å². The second-order valence-electron chi connectivity index (χ2n) is 7.26. The number of fused-ring (bicyclic) bond motifs is 1. The standard InChI is InChI=1S/C20H23N3O3S/c1-12-9-16(27(25,26)23-8-7-15(24)11-23)4-6-17(12)18-5-3-14-10-22-20(21)19(14)13(18)2/h3-6,9,15,24H,7-8,10-11H2,1-2H3,(H2,21,22)/t15-/m0/s1. The largest absolute Gasteiger partial charge is 0.392 e. The van der Waals surface area contributed by atoms with Crippen LogP contribution in [0.1, 0.15) is 28.7 Å². The Morgan fingerprint density at radius 2 is 1.93 bits per heavy atom. The molecule has 2 aliphatic rings. The molecule has 1 saturated heterocycles. The quantitative estimate of drug-likeness (QED) is 0.844. The van der Waals surface area contributed by atoms with Gasteiger partial charge in [0.1, 0.15) is 5.84 Å². The van der Waals surface area contributed by atoms with Crippen molar-refractivity contribution in [1.29, 1.82) is 0 Å². The maximum absolute atomic E-state index is 12.8. The van der Waals surface area contributed by atoms with E-state index in [0.29, 0.717) is 25.3 Å². The van der Waals surface area contributed by atoms with Gasteiger partial charge < -0.3 is 10.8 Å². The summed E-state index contributed by atoms with van der Waals surface area (Å²) in [6.07, 6.45) is -0.102. The van der Waals surface area contributed by atoms with Crippen LogP contribution in [0.3, 0.4) is 0 Å². The Hall–Kier alpha value is -2.22. The highest BCUT2D eigenvalue weighted by Gasteiger charge is 2.32. The summed E-state index contributed by atoms with van der Waals surface area (Å²) in [5, 5.41) is 9.66. The van der Waals surface area contributed by atoms with Gasteiger partial charge in [-0.15, -0.1) is 0 Å². The summed E-state index contributed by atoms with van der Waals surface area (Å²) in [7, 11) is -3.59. The van der Waals surface area contributed by atoms with Crippen molar-refractivity contribution in [3.05, 3.63) is 52.6 Å². The van der Waals surface area contributed by atoms with Gasteiger partial charge in [0, 0.05) is 18.7 Å². The minimum absolute atomic E-state index is 0.158. The smallest absolute Gasteiger partial charge is 0.243 e. The second kappa shape index (κ2) is 6.44. The third-order valence-electron chi connectivity index (χ3n) is 5.48. The summed E-state index contributed by atoms with van der Waals surface area (Å²) in [6.45, 7) is 5.06. The molecule has 0 unspecified atom stereocenters. The number of sulfonamides is 1. The lowest BCUT2D eigenvalue weighted by molar-refractivity contribution is 0.189. The van der Waals surface area contributed by atoms with E-state index in [1.54, 1.807) is 12.1 Å². The predicted octanol–water partition coefficient (Wildman–Crippen LogP) is 1.94. The van der Waals surface area contributed by atoms with Crippen LogP contribution >= 0.6 is 0 Å². The number of β-amino-alcohol motifs (C(OH)–C–C–N with tert-alkyl or cyclic N) is 1. The Labute approximate surface area is 159 Å². The van der Waals surface area contributed by atoms with Crippen LogP contribution in [0.2, 0.25) is 0 Å². The van der Waals surface area contributed by atoms with E-state index < -0.39 is 16.1 Å². The van der Waals surface area contributed by atoms with E-state index in [0.717, 1.165) is 33.4 Å². The van der Waals surface area contributed by atoms with Crippen molar-refractivity contribution in [2.45, 2.75) is 37.8 Å². The molecule has 0 saturated carbocycles. The molecule has 0 aliphatic carbocycles. The molecule has 142 valence electrons. The molecule has 6 nitrogen and oxygen atoms in total. The summed E-state index contributed by atoms with van der Waals surface area (Å²) in [5.41, 5.74) is 12.1. The Morgan fingerprint density at radius 3 is 2.59 bits per heavy atom. The predicted molar refractivity (Wildman–Crippen MR) is 105 cm³/mol. The van der Waals surface area contributed by atoms with Crippen molar-refractivity contribution in [2.75, 3.05) is 13.1 Å². The molecule has 1 fully saturated rings. The molecule has 7 heteroatoms. The van der Waals surface area contributed by atoms with Gasteiger partial charge in [0.15, 0.2) is 0 Å². The fourth-order valence-corrected chi connectivity index (χ4v) is 5.55. The SMILES string of the molecule is Cc1cc(S(=O)(=O)N2CC[C@H](O)C2)ccc1-c1ccc2c(c1C)C(N)=NC2. The molecule has 3 N–H and O–H groups in total. The van der Waals surface area contributed by atoms with Gasteiger partial charge in [-0.1, -0.05) is 18.2 Å². The van der Waals surface area contributed by atoms with E-state index in [-0.39, 0.29) is 11.4 Å². The number of aliphatic imine (C=N–C) groups is 1. The fourth-order valence-electron chi connectivity index (χ4n) is 3.97. The van der Waals surface area contributed by atoms with E-state index in [2.05, 4.69) is 11.1 Å². The molecule has 0 bridgehead atoms. The lowest BCUT2D eigenvalue weighted by atomic mass is 9.91. The molecular formula is C20H23N3O3S. The molecule has 1 atom stereocenters. The Bertz CT molecular complexity index is 1060. The highest BCUT2D eigenvalue weighted by atomic mass is 32.2.